The number of methoxy groups -OCH3 is 2. The lowest BCUT2D eigenvalue weighted by molar-refractivity contribution is 0.0205. The van der Waals surface area contributed by atoms with E-state index in [9.17, 15) is 0 Å². The Labute approximate surface area is 116 Å². The van der Waals surface area contributed by atoms with Crippen LogP contribution in [-0.2, 0) is 11.2 Å². The molecular weight excluding hydrogens is 238 g/mol. The molecule has 1 aromatic rings. The molecule has 0 saturated carbocycles. The third-order valence-corrected chi connectivity index (χ3v) is 3.99. The minimum atomic E-state index is -0.128. The number of benzene rings is 1. The molecule has 1 aliphatic carbocycles. The first-order valence-electron chi connectivity index (χ1n) is 7.01. The van der Waals surface area contributed by atoms with E-state index in [2.05, 4.69) is 37.4 Å². The van der Waals surface area contributed by atoms with Crippen LogP contribution in [0.5, 0.6) is 5.75 Å². The molecule has 0 saturated heterocycles. The van der Waals surface area contributed by atoms with E-state index in [0.717, 1.165) is 12.3 Å². The molecule has 1 unspecified atom stereocenters. The molecule has 106 valence electrons. The summed E-state index contributed by atoms with van der Waals surface area (Å²) < 4.78 is 10.8. The summed E-state index contributed by atoms with van der Waals surface area (Å²) in [5.41, 5.74) is 2.70. The van der Waals surface area contributed by atoms with Crippen molar-refractivity contribution >= 4 is 0 Å². The Morgan fingerprint density at radius 1 is 1.32 bits per heavy atom. The molecule has 0 amide bonds. The van der Waals surface area contributed by atoms with Crippen molar-refractivity contribution in [3.05, 3.63) is 29.3 Å². The number of rotatable bonds is 5. The second-order valence-corrected chi connectivity index (χ2v) is 5.85. The van der Waals surface area contributed by atoms with Crippen LogP contribution in [0.15, 0.2) is 18.2 Å². The van der Waals surface area contributed by atoms with Crippen LogP contribution in [0.4, 0.5) is 0 Å². The second-order valence-electron chi connectivity index (χ2n) is 5.85. The largest absolute Gasteiger partial charge is 0.497 e. The van der Waals surface area contributed by atoms with Crippen molar-refractivity contribution in [2.45, 2.75) is 44.8 Å². The molecule has 0 heterocycles. The zero-order valence-corrected chi connectivity index (χ0v) is 12.5. The van der Waals surface area contributed by atoms with Crippen molar-refractivity contribution in [1.82, 2.24) is 5.32 Å². The minimum Gasteiger partial charge on any atom is -0.497 e. The van der Waals surface area contributed by atoms with E-state index in [0.29, 0.717) is 6.04 Å². The van der Waals surface area contributed by atoms with Gasteiger partial charge in [-0.05, 0) is 56.4 Å². The molecule has 2 rings (SSSR count). The topological polar surface area (TPSA) is 30.5 Å². The first-order valence-corrected chi connectivity index (χ1v) is 7.01. The van der Waals surface area contributed by atoms with E-state index in [-0.39, 0.29) is 5.60 Å². The van der Waals surface area contributed by atoms with Gasteiger partial charge in [0, 0.05) is 19.7 Å². The zero-order chi connectivity index (χ0) is 13.9. The van der Waals surface area contributed by atoms with Gasteiger partial charge in [-0.25, -0.2) is 0 Å². The van der Waals surface area contributed by atoms with E-state index in [1.54, 1.807) is 14.2 Å². The average Bonchev–Trinajstić information content (AvgIpc) is 2.44. The zero-order valence-electron chi connectivity index (χ0n) is 12.5. The number of fused-ring (bicyclic) bond motifs is 1. The Morgan fingerprint density at radius 3 is 2.79 bits per heavy atom. The van der Waals surface area contributed by atoms with E-state index in [1.807, 2.05) is 0 Å². The lowest BCUT2D eigenvalue weighted by Crippen LogP contribution is -2.39. The van der Waals surface area contributed by atoms with E-state index < -0.39 is 0 Å². The predicted octanol–water partition coefficient (Wildman–Crippen LogP) is 3.09. The molecule has 0 fully saturated rings. The molecular formula is C16H25NO2. The molecule has 1 aliphatic rings. The molecule has 1 atom stereocenters. The van der Waals surface area contributed by atoms with Gasteiger partial charge < -0.3 is 14.8 Å². The highest BCUT2D eigenvalue weighted by Crippen LogP contribution is 2.32. The molecule has 0 bridgehead atoms. The molecule has 0 aliphatic heterocycles. The standard InChI is InChI=1S/C16H25NO2/c1-16(2,19-4)11-17-15-7-5-6-12-8-9-13(18-3)10-14(12)15/h8-10,15,17H,5-7,11H2,1-4H3. The first kappa shape index (κ1) is 14.4. The van der Waals surface area contributed by atoms with E-state index in [1.165, 1.54) is 30.4 Å². The fourth-order valence-corrected chi connectivity index (χ4v) is 2.56. The van der Waals surface area contributed by atoms with Gasteiger partial charge in [-0.15, -0.1) is 0 Å². The summed E-state index contributed by atoms with van der Waals surface area (Å²) in [5.74, 6) is 0.943. The molecule has 3 heteroatoms. The van der Waals surface area contributed by atoms with Crippen LogP contribution in [0.2, 0.25) is 0 Å². The Kier molecular flexibility index (Phi) is 4.48. The lowest BCUT2D eigenvalue weighted by atomic mass is 9.87. The molecule has 19 heavy (non-hydrogen) atoms. The maximum Gasteiger partial charge on any atom is 0.119 e. The summed E-state index contributed by atoms with van der Waals surface area (Å²) in [4.78, 5) is 0. The van der Waals surface area contributed by atoms with Crippen molar-refractivity contribution < 1.29 is 9.47 Å². The Morgan fingerprint density at radius 2 is 2.11 bits per heavy atom. The number of aryl methyl sites for hydroxylation is 1. The SMILES string of the molecule is COc1ccc2c(c1)C(NCC(C)(C)OC)CCC2. The molecule has 0 radical (unpaired) electrons. The monoisotopic (exact) mass is 263 g/mol. The van der Waals surface area contributed by atoms with Crippen LogP contribution in [0.1, 0.15) is 43.9 Å². The van der Waals surface area contributed by atoms with Crippen LogP contribution >= 0.6 is 0 Å². The summed E-state index contributed by atoms with van der Waals surface area (Å²) in [6.45, 7) is 5.06. The third kappa shape index (κ3) is 3.48. The van der Waals surface area contributed by atoms with Gasteiger partial charge in [0.2, 0.25) is 0 Å². The number of hydrogen-bond donors (Lipinski definition) is 1. The first-order chi connectivity index (χ1) is 9.05. The summed E-state index contributed by atoms with van der Waals surface area (Å²) in [7, 11) is 3.49. The van der Waals surface area contributed by atoms with Gasteiger partial charge in [0.05, 0.1) is 12.7 Å². The van der Waals surface area contributed by atoms with Crippen LogP contribution in [0, 0.1) is 0 Å². The highest BCUT2D eigenvalue weighted by atomic mass is 16.5. The summed E-state index contributed by atoms with van der Waals surface area (Å²) >= 11 is 0. The Bertz CT molecular complexity index is 429. The molecule has 0 aromatic heterocycles. The number of nitrogens with one attached hydrogen (secondary N) is 1. The van der Waals surface area contributed by atoms with E-state index in [4.69, 9.17) is 9.47 Å². The smallest absolute Gasteiger partial charge is 0.119 e. The third-order valence-electron chi connectivity index (χ3n) is 3.99. The normalized spacial score (nSPS) is 19.1. The van der Waals surface area contributed by atoms with Crippen molar-refractivity contribution in [1.29, 1.82) is 0 Å². The van der Waals surface area contributed by atoms with E-state index >= 15 is 0 Å². The maximum atomic E-state index is 5.47. The minimum absolute atomic E-state index is 0.128. The molecule has 0 spiro atoms. The van der Waals surface area contributed by atoms with Gasteiger partial charge in [-0.2, -0.15) is 0 Å². The predicted molar refractivity (Wildman–Crippen MR) is 77.8 cm³/mol. The summed E-state index contributed by atoms with van der Waals surface area (Å²) in [5, 5.41) is 3.64. The number of ether oxygens (including phenoxy) is 2. The van der Waals surface area contributed by atoms with Crippen LogP contribution in [-0.4, -0.2) is 26.4 Å². The lowest BCUT2D eigenvalue weighted by Gasteiger charge is -2.31. The van der Waals surface area contributed by atoms with Gasteiger partial charge in [-0.3, -0.25) is 0 Å². The summed E-state index contributed by atoms with van der Waals surface area (Å²) in [6.07, 6.45) is 3.59. The van der Waals surface area contributed by atoms with Crippen LogP contribution < -0.4 is 10.1 Å². The van der Waals surface area contributed by atoms with Gasteiger partial charge in [0.1, 0.15) is 5.75 Å². The second kappa shape index (κ2) is 5.93. The average molecular weight is 263 g/mol. The van der Waals surface area contributed by atoms with Crippen molar-refractivity contribution in [2.75, 3.05) is 20.8 Å². The van der Waals surface area contributed by atoms with Crippen LogP contribution in [0.3, 0.4) is 0 Å². The highest BCUT2D eigenvalue weighted by Gasteiger charge is 2.23. The molecule has 1 aromatic carbocycles. The molecule has 3 nitrogen and oxygen atoms in total. The van der Waals surface area contributed by atoms with Crippen molar-refractivity contribution in [3.8, 4) is 5.75 Å². The summed E-state index contributed by atoms with van der Waals surface area (Å²) in [6, 6.07) is 6.84. The highest BCUT2D eigenvalue weighted by molar-refractivity contribution is 5.39. The fraction of sp³-hybridized carbons (Fsp3) is 0.625. The van der Waals surface area contributed by atoms with Crippen molar-refractivity contribution in [3.63, 3.8) is 0 Å². The van der Waals surface area contributed by atoms with Crippen LogP contribution in [0.25, 0.3) is 0 Å². The molecule has 1 N–H and O–H groups in total. The Hall–Kier alpha value is -1.06. The van der Waals surface area contributed by atoms with Gasteiger partial charge >= 0.3 is 0 Å². The fourth-order valence-electron chi connectivity index (χ4n) is 2.56. The van der Waals surface area contributed by atoms with Gasteiger partial charge in [-0.1, -0.05) is 6.07 Å². The van der Waals surface area contributed by atoms with Crippen molar-refractivity contribution in [2.24, 2.45) is 0 Å². The van der Waals surface area contributed by atoms with Gasteiger partial charge in [0.15, 0.2) is 0 Å². The Balaban J connectivity index is 2.12. The maximum absolute atomic E-state index is 5.47. The van der Waals surface area contributed by atoms with Gasteiger partial charge in [0.25, 0.3) is 0 Å². The quantitative estimate of drug-likeness (QED) is 0.885. The number of hydrogen-bond acceptors (Lipinski definition) is 3.